The van der Waals surface area contributed by atoms with Crippen LogP contribution < -0.4 is 5.32 Å². The normalized spacial score (nSPS) is 8.18. The van der Waals surface area contributed by atoms with Crippen LogP contribution in [0.4, 0.5) is 10.1 Å². The molecule has 1 amide bonds. The first-order valence-corrected chi connectivity index (χ1v) is 6.19. The molecule has 0 fully saturated rings. The Morgan fingerprint density at radius 1 is 1.24 bits per heavy atom. The maximum atomic E-state index is 13.1. The van der Waals surface area contributed by atoms with Gasteiger partial charge in [-0.2, -0.15) is 0 Å². The highest BCUT2D eigenvalue weighted by molar-refractivity contribution is 5.90. The van der Waals surface area contributed by atoms with Crippen molar-refractivity contribution in [2.24, 2.45) is 0 Å². The molecular weight excluding hydrogens is 217 g/mol. The third-order valence-corrected chi connectivity index (χ3v) is 1.72. The van der Waals surface area contributed by atoms with Crippen molar-refractivity contribution in [3.8, 4) is 0 Å². The van der Waals surface area contributed by atoms with Crippen LogP contribution in [-0.2, 0) is 4.79 Å². The fourth-order valence-electron chi connectivity index (χ4n) is 0.973. The number of hydrogen-bond donors (Lipinski definition) is 1. The molecule has 0 saturated heterocycles. The van der Waals surface area contributed by atoms with Gasteiger partial charge in [0.25, 0.3) is 0 Å². The molecule has 0 spiro atoms. The summed E-state index contributed by atoms with van der Waals surface area (Å²) < 4.78 is 13.1. The zero-order chi connectivity index (χ0) is 13.8. The van der Waals surface area contributed by atoms with E-state index in [1.54, 1.807) is 19.1 Å². The minimum absolute atomic E-state index is 0.176. The van der Waals surface area contributed by atoms with Gasteiger partial charge in [0.05, 0.1) is 5.69 Å². The number of rotatable bonds is 2. The molecule has 0 bridgehead atoms. The molecule has 1 N–H and O–H groups in total. The fourth-order valence-corrected chi connectivity index (χ4v) is 0.973. The van der Waals surface area contributed by atoms with Crippen molar-refractivity contribution < 1.29 is 9.18 Å². The molecule has 0 aromatic heterocycles. The maximum Gasteiger partial charge on any atom is 0.224 e. The van der Waals surface area contributed by atoms with Crippen molar-refractivity contribution in [2.75, 3.05) is 5.32 Å². The summed E-state index contributed by atoms with van der Waals surface area (Å²) >= 11 is 0. The van der Waals surface area contributed by atoms with Crippen molar-refractivity contribution in [1.29, 1.82) is 0 Å². The van der Waals surface area contributed by atoms with Crippen molar-refractivity contribution in [2.45, 2.75) is 48.0 Å². The van der Waals surface area contributed by atoms with E-state index in [4.69, 9.17) is 0 Å². The Labute approximate surface area is 104 Å². The van der Waals surface area contributed by atoms with Crippen LogP contribution in [-0.4, -0.2) is 5.91 Å². The Morgan fingerprint density at radius 2 is 1.76 bits per heavy atom. The second-order valence-corrected chi connectivity index (χ2v) is 2.89. The molecule has 0 radical (unpaired) electrons. The van der Waals surface area contributed by atoms with Gasteiger partial charge in [-0.15, -0.1) is 0 Å². The van der Waals surface area contributed by atoms with Gasteiger partial charge < -0.3 is 5.32 Å². The second kappa shape index (κ2) is 11.1. The molecule has 0 heterocycles. The predicted octanol–water partition coefficient (Wildman–Crippen LogP) is 4.54. The largest absolute Gasteiger partial charge is 0.324 e. The summed E-state index contributed by atoms with van der Waals surface area (Å²) in [6.45, 7) is 11.6. The Bertz CT molecular complexity index is 324. The Balaban J connectivity index is 0. The molecule has 0 saturated carbocycles. The third-order valence-electron chi connectivity index (χ3n) is 1.72. The lowest BCUT2D eigenvalue weighted by atomic mass is 10.2. The van der Waals surface area contributed by atoms with Crippen molar-refractivity contribution in [1.82, 2.24) is 0 Å². The number of carbonyl (C=O) groups is 1. The lowest BCUT2D eigenvalue weighted by Crippen LogP contribution is -2.10. The van der Waals surface area contributed by atoms with Crippen LogP contribution in [0.5, 0.6) is 0 Å². The highest BCUT2D eigenvalue weighted by atomic mass is 19.1. The van der Waals surface area contributed by atoms with Crippen LogP contribution in [0.25, 0.3) is 0 Å². The average molecular weight is 241 g/mol. The quantitative estimate of drug-likeness (QED) is 0.809. The molecule has 0 unspecified atom stereocenters. The minimum Gasteiger partial charge on any atom is -0.324 e. The molecule has 17 heavy (non-hydrogen) atoms. The summed E-state index contributed by atoms with van der Waals surface area (Å²) in [5.41, 5.74) is 1.18. The first kappa shape index (κ1) is 18.0. The van der Waals surface area contributed by atoms with Crippen LogP contribution in [0.3, 0.4) is 0 Å². The SMILES string of the molecule is CC.CC.CCC(=O)Nc1cc(C)ccc1F. The molecule has 98 valence electrons. The number of anilines is 1. The molecule has 0 aliphatic heterocycles. The number of nitrogens with one attached hydrogen (secondary N) is 1. The number of halogens is 1. The van der Waals surface area contributed by atoms with E-state index in [2.05, 4.69) is 5.32 Å². The van der Waals surface area contributed by atoms with Crippen LogP contribution in [0, 0.1) is 12.7 Å². The number of amides is 1. The van der Waals surface area contributed by atoms with Gasteiger partial charge in [-0.25, -0.2) is 4.39 Å². The van der Waals surface area contributed by atoms with E-state index in [9.17, 15) is 9.18 Å². The van der Waals surface area contributed by atoms with Gasteiger partial charge in [0.15, 0.2) is 0 Å². The monoisotopic (exact) mass is 241 g/mol. The van der Waals surface area contributed by atoms with Gasteiger partial charge in [-0.05, 0) is 24.6 Å². The van der Waals surface area contributed by atoms with Gasteiger partial charge >= 0.3 is 0 Å². The fraction of sp³-hybridized carbons (Fsp3) is 0.500. The molecule has 0 aliphatic rings. The summed E-state index contributed by atoms with van der Waals surface area (Å²) in [6.07, 6.45) is 0.355. The van der Waals surface area contributed by atoms with E-state index < -0.39 is 5.82 Å². The maximum absolute atomic E-state index is 13.1. The Hall–Kier alpha value is -1.38. The predicted molar refractivity (Wildman–Crippen MR) is 72.8 cm³/mol. The molecule has 2 nitrogen and oxygen atoms in total. The summed E-state index contributed by atoms with van der Waals surface area (Å²) in [6, 6.07) is 4.63. The number of hydrogen-bond acceptors (Lipinski definition) is 1. The van der Waals surface area contributed by atoms with E-state index in [-0.39, 0.29) is 11.6 Å². The van der Waals surface area contributed by atoms with Crippen LogP contribution in [0.2, 0.25) is 0 Å². The first-order chi connectivity index (χ1) is 8.13. The molecule has 0 aliphatic carbocycles. The van der Waals surface area contributed by atoms with E-state index in [0.717, 1.165) is 5.56 Å². The molecule has 0 atom stereocenters. The van der Waals surface area contributed by atoms with Gasteiger partial charge in [0.1, 0.15) is 5.82 Å². The highest BCUT2D eigenvalue weighted by Gasteiger charge is 2.04. The van der Waals surface area contributed by atoms with Crippen molar-refractivity contribution in [3.05, 3.63) is 29.6 Å². The smallest absolute Gasteiger partial charge is 0.224 e. The summed E-state index contributed by atoms with van der Waals surface area (Å²) in [5.74, 6) is -0.572. The Morgan fingerprint density at radius 3 is 2.24 bits per heavy atom. The molecule has 3 heteroatoms. The lowest BCUT2D eigenvalue weighted by Gasteiger charge is -2.05. The molecule has 1 rings (SSSR count). The van der Waals surface area contributed by atoms with Gasteiger partial charge in [-0.3, -0.25) is 4.79 Å². The number of benzene rings is 1. The standard InChI is InChI=1S/C10H12FNO.2C2H6/c1-3-10(13)12-9-6-7(2)4-5-8(9)11;2*1-2/h4-6H,3H2,1-2H3,(H,12,13);2*1-2H3. The number of carbonyl (C=O) groups excluding carboxylic acids is 1. The number of aryl methyl sites for hydroxylation is 1. The van der Waals surface area contributed by atoms with Crippen molar-refractivity contribution in [3.63, 3.8) is 0 Å². The second-order valence-electron chi connectivity index (χ2n) is 2.89. The lowest BCUT2D eigenvalue weighted by molar-refractivity contribution is -0.115. The highest BCUT2D eigenvalue weighted by Crippen LogP contribution is 2.15. The molecule has 1 aromatic carbocycles. The van der Waals surface area contributed by atoms with Crippen LogP contribution in [0.15, 0.2) is 18.2 Å². The van der Waals surface area contributed by atoms with Gasteiger partial charge in [-0.1, -0.05) is 40.7 Å². The zero-order valence-corrected chi connectivity index (χ0v) is 11.7. The summed E-state index contributed by atoms with van der Waals surface area (Å²) in [4.78, 5) is 11.0. The topological polar surface area (TPSA) is 29.1 Å². The third kappa shape index (κ3) is 7.50. The summed E-state index contributed by atoms with van der Waals surface area (Å²) in [5, 5.41) is 2.49. The van der Waals surface area contributed by atoms with Crippen LogP contribution >= 0.6 is 0 Å². The van der Waals surface area contributed by atoms with E-state index in [0.29, 0.717) is 6.42 Å². The van der Waals surface area contributed by atoms with Gasteiger partial charge in [0.2, 0.25) is 5.91 Å². The van der Waals surface area contributed by atoms with Crippen molar-refractivity contribution >= 4 is 11.6 Å². The Kier molecular flexibility index (Phi) is 11.8. The first-order valence-electron chi connectivity index (χ1n) is 6.19. The molecule has 1 aromatic rings. The van der Waals surface area contributed by atoms with E-state index in [1.165, 1.54) is 6.07 Å². The summed E-state index contributed by atoms with van der Waals surface area (Å²) in [7, 11) is 0. The van der Waals surface area contributed by atoms with Gasteiger partial charge in [0, 0.05) is 6.42 Å². The van der Waals surface area contributed by atoms with Crippen LogP contribution in [0.1, 0.15) is 46.6 Å². The van der Waals surface area contributed by atoms with E-state index in [1.807, 2.05) is 34.6 Å². The molecular formula is C14H24FNO. The zero-order valence-electron chi connectivity index (χ0n) is 11.7. The average Bonchev–Trinajstić information content (AvgIpc) is 2.38. The van der Waals surface area contributed by atoms with E-state index >= 15 is 0 Å². The minimum atomic E-state index is -0.396.